The van der Waals surface area contributed by atoms with Gasteiger partial charge in [-0.1, -0.05) is 0 Å². The van der Waals surface area contributed by atoms with Gasteiger partial charge < -0.3 is 4.90 Å². The monoisotopic (exact) mass is 197 g/mol. The lowest BCUT2D eigenvalue weighted by atomic mass is 10.6. The van der Waals surface area contributed by atoms with Crippen LogP contribution in [0.3, 0.4) is 0 Å². The molecule has 0 radical (unpaired) electrons. The molecular formula is C7H7N3O2S. The van der Waals surface area contributed by atoms with E-state index in [2.05, 4.69) is 4.98 Å². The van der Waals surface area contributed by atoms with Crippen LogP contribution in [-0.2, 0) is 4.79 Å². The lowest BCUT2D eigenvalue weighted by Gasteiger charge is -2.09. The van der Waals surface area contributed by atoms with Crippen LogP contribution in [0.4, 0.5) is 9.93 Å². The number of imide groups is 1. The van der Waals surface area contributed by atoms with Crippen LogP contribution in [0.25, 0.3) is 0 Å². The minimum Gasteiger partial charge on any atom is -0.318 e. The van der Waals surface area contributed by atoms with E-state index in [-0.39, 0.29) is 18.5 Å². The molecule has 0 aromatic carbocycles. The highest BCUT2D eigenvalue weighted by Gasteiger charge is 2.36. The zero-order chi connectivity index (χ0) is 9.42. The van der Waals surface area contributed by atoms with Crippen molar-refractivity contribution in [2.24, 2.45) is 0 Å². The van der Waals surface area contributed by atoms with Gasteiger partial charge in [-0.2, -0.15) is 0 Å². The van der Waals surface area contributed by atoms with Gasteiger partial charge in [0, 0.05) is 18.6 Å². The summed E-state index contributed by atoms with van der Waals surface area (Å²) in [6.07, 6.45) is 1.57. The number of nitrogens with zero attached hydrogens (tertiary/aromatic N) is 3. The topological polar surface area (TPSA) is 53.5 Å². The van der Waals surface area contributed by atoms with Crippen molar-refractivity contribution in [3.8, 4) is 0 Å². The fraction of sp³-hybridized carbons (Fsp3) is 0.286. The van der Waals surface area contributed by atoms with Gasteiger partial charge in [0.15, 0.2) is 0 Å². The lowest BCUT2D eigenvalue weighted by Crippen LogP contribution is -2.31. The summed E-state index contributed by atoms with van der Waals surface area (Å²) in [4.78, 5) is 29.1. The number of hydrogen-bond donors (Lipinski definition) is 0. The van der Waals surface area contributed by atoms with Gasteiger partial charge in [0.05, 0.1) is 0 Å². The number of urea groups is 1. The van der Waals surface area contributed by atoms with Crippen molar-refractivity contribution in [1.82, 2.24) is 9.88 Å². The second kappa shape index (κ2) is 2.81. The molecule has 0 aliphatic carbocycles. The third-order valence-electron chi connectivity index (χ3n) is 1.75. The SMILES string of the molecule is CN1CC(=O)N(c2nccs2)C1=O. The fourth-order valence-electron chi connectivity index (χ4n) is 1.13. The van der Waals surface area contributed by atoms with Gasteiger partial charge in [-0.25, -0.2) is 14.7 Å². The molecule has 1 saturated heterocycles. The maximum absolute atomic E-state index is 11.4. The predicted octanol–water partition coefficient (Wildman–Crippen LogP) is 0.541. The first-order valence-corrected chi connectivity index (χ1v) is 4.55. The minimum atomic E-state index is -0.306. The Bertz CT molecular complexity index is 349. The summed E-state index contributed by atoms with van der Waals surface area (Å²) < 4.78 is 0. The molecule has 1 aliphatic rings. The molecule has 6 heteroatoms. The van der Waals surface area contributed by atoms with Crippen LogP contribution in [0.15, 0.2) is 11.6 Å². The maximum Gasteiger partial charge on any atom is 0.333 e. The lowest BCUT2D eigenvalue weighted by molar-refractivity contribution is -0.116. The highest BCUT2D eigenvalue weighted by Crippen LogP contribution is 2.22. The number of anilines is 1. The van der Waals surface area contributed by atoms with E-state index in [1.54, 1.807) is 18.6 Å². The van der Waals surface area contributed by atoms with Crippen molar-refractivity contribution in [2.75, 3.05) is 18.5 Å². The molecule has 0 saturated carbocycles. The number of hydrogen-bond acceptors (Lipinski definition) is 4. The van der Waals surface area contributed by atoms with Gasteiger partial charge in [-0.05, 0) is 0 Å². The molecule has 5 nitrogen and oxygen atoms in total. The summed E-state index contributed by atoms with van der Waals surface area (Å²) in [6, 6.07) is -0.306. The highest BCUT2D eigenvalue weighted by atomic mass is 32.1. The molecule has 13 heavy (non-hydrogen) atoms. The molecular weight excluding hydrogens is 190 g/mol. The van der Waals surface area contributed by atoms with E-state index in [9.17, 15) is 9.59 Å². The molecule has 1 aliphatic heterocycles. The Balaban J connectivity index is 2.34. The summed E-state index contributed by atoms with van der Waals surface area (Å²) in [7, 11) is 1.59. The van der Waals surface area contributed by atoms with Crippen molar-refractivity contribution in [3.63, 3.8) is 0 Å². The number of thiazole rings is 1. The maximum atomic E-state index is 11.4. The number of likely N-dealkylation sites (N-methyl/N-ethyl adjacent to an activating group) is 1. The first-order valence-electron chi connectivity index (χ1n) is 3.67. The molecule has 1 fully saturated rings. The number of amides is 3. The average Bonchev–Trinajstić information content (AvgIpc) is 2.63. The highest BCUT2D eigenvalue weighted by molar-refractivity contribution is 7.14. The minimum absolute atomic E-state index is 0.137. The fourth-order valence-corrected chi connectivity index (χ4v) is 1.78. The molecule has 0 bridgehead atoms. The summed E-state index contributed by atoms with van der Waals surface area (Å²) >= 11 is 1.28. The van der Waals surface area contributed by atoms with Crippen molar-refractivity contribution >= 4 is 28.4 Å². The Kier molecular flexibility index (Phi) is 1.77. The van der Waals surface area contributed by atoms with Crippen molar-refractivity contribution in [3.05, 3.63) is 11.6 Å². The molecule has 0 spiro atoms. The summed E-state index contributed by atoms with van der Waals surface area (Å²) in [5.41, 5.74) is 0. The van der Waals surface area contributed by atoms with E-state index in [1.807, 2.05) is 0 Å². The standard InChI is InChI=1S/C7H7N3O2S/c1-9-4-5(11)10(7(9)12)6-8-2-3-13-6/h2-3H,4H2,1H3. The second-order valence-electron chi connectivity index (χ2n) is 2.68. The van der Waals surface area contributed by atoms with Gasteiger partial charge >= 0.3 is 6.03 Å². The van der Waals surface area contributed by atoms with E-state index in [4.69, 9.17) is 0 Å². The molecule has 0 unspecified atom stereocenters. The molecule has 2 heterocycles. The van der Waals surface area contributed by atoms with Crippen LogP contribution in [-0.4, -0.2) is 35.4 Å². The largest absolute Gasteiger partial charge is 0.333 e. The molecule has 3 amide bonds. The Morgan fingerprint density at radius 1 is 1.54 bits per heavy atom. The predicted molar refractivity (Wildman–Crippen MR) is 47.6 cm³/mol. The Hall–Kier alpha value is -1.43. The van der Waals surface area contributed by atoms with Gasteiger partial charge in [-0.3, -0.25) is 4.79 Å². The van der Waals surface area contributed by atoms with Gasteiger partial charge in [0.2, 0.25) is 5.13 Å². The number of carbonyl (C=O) groups excluding carboxylic acids is 2. The van der Waals surface area contributed by atoms with Crippen LogP contribution >= 0.6 is 11.3 Å². The van der Waals surface area contributed by atoms with E-state index < -0.39 is 0 Å². The number of carbonyl (C=O) groups is 2. The Morgan fingerprint density at radius 2 is 2.31 bits per heavy atom. The molecule has 1 aromatic rings. The number of aromatic nitrogens is 1. The molecule has 68 valence electrons. The van der Waals surface area contributed by atoms with E-state index in [0.29, 0.717) is 5.13 Å². The van der Waals surface area contributed by atoms with Crippen LogP contribution in [0.2, 0.25) is 0 Å². The molecule has 2 rings (SSSR count). The van der Waals surface area contributed by atoms with E-state index in [0.717, 1.165) is 4.90 Å². The second-order valence-corrected chi connectivity index (χ2v) is 3.56. The Labute approximate surface area is 78.6 Å². The zero-order valence-electron chi connectivity index (χ0n) is 6.93. The smallest absolute Gasteiger partial charge is 0.318 e. The Morgan fingerprint density at radius 3 is 2.77 bits per heavy atom. The first kappa shape index (κ1) is 8.18. The first-order chi connectivity index (χ1) is 6.20. The van der Waals surface area contributed by atoms with Gasteiger partial charge in [0.1, 0.15) is 6.54 Å². The average molecular weight is 197 g/mol. The summed E-state index contributed by atoms with van der Waals surface area (Å²) in [5, 5.41) is 2.17. The third kappa shape index (κ3) is 1.19. The van der Waals surface area contributed by atoms with E-state index >= 15 is 0 Å². The zero-order valence-corrected chi connectivity index (χ0v) is 7.74. The molecule has 0 atom stereocenters. The van der Waals surface area contributed by atoms with Crippen molar-refractivity contribution in [1.29, 1.82) is 0 Å². The quantitative estimate of drug-likeness (QED) is 0.617. The normalized spacial score (nSPS) is 17.3. The van der Waals surface area contributed by atoms with E-state index in [1.165, 1.54) is 16.2 Å². The van der Waals surface area contributed by atoms with Crippen molar-refractivity contribution < 1.29 is 9.59 Å². The van der Waals surface area contributed by atoms with Crippen molar-refractivity contribution in [2.45, 2.75) is 0 Å². The van der Waals surface area contributed by atoms with Gasteiger partial charge in [-0.15, -0.1) is 11.3 Å². The summed E-state index contributed by atoms with van der Waals surface area (Å²) in [5.74, 6) is -0.220. The molecule has 0 N–H and O–H groups in total. The van der Waals surface area contributed by atoms with Crippen LogP contribution < -0.4 is 4.90 Å². The number of rotatable bonds is 1. The van der Waals surface area contributed by atoms with Crippen LogP contribution in [0, 0.1) is 0 Å². The van der Waals surface area contributed by atoms with Crippen LogP contribution in [0.5, 0.6) is 0 Å². The van der Waals surface area contributed by atoms with Gasteiger partial charge in [0.25, 0.3) is 5.91 Å². The summed E-state index contributed by atoms with van der Waals surface area (Å²) in [6.45, 7) is 0.137. The molecule has 1 aromatic heterocycles. The van der Waals surface area contributed by atoms with Crippen LogP contribution in [0.1, 0.15) is 0 Å². The third-order valence-corrected chi connectivity index (χ3v) is 2.51.